The summed E-state index contributed by atoms with van der Waals surface area (Å²) in [6.07, 6.45) is 3.19. The van der Waals surface area contributed by atoms with E-state index < -0.39 is 0 Å². The second-order valence-corrected chi connectivity index (χ2v) is 6.83. The number of aromatic nitrogens is 3. The van der Waals surface area contributed by atoms with Gasteiger partial charge in [-0.2, -0.15) is 0 Å². The Morgan fingerprint density at radius 1 is 0.926 bits per heavy atom. The van der Waals surface area contributed by atoms with E-state index in [1.165, 1.54) is 5.56 Å². The van der Waals surface area contributed by atoms with Crippen molar-refractivity contribution in [1.29, 1.82) is 0 Å². The fourth-order valence-corrected chi connectivity index (χ4v) is 3.42. The number of rotatable bonds is 6. The lowest BCUT2D eigenvalue weighted by Crippen LogP contribution is -2.05. The zero-order valence-corrected chi connectivity index (χ0v) is 15.6. The van der Waals surface area contributed by atoms with Crippen LogP contribution in [0.3, 0.4) is 0 Å². The van der Waals surface area contributed by atoms with Gasteiger partial charge in [-0.3, -0.25) is 0 Å². The van der Waals surface area contributed by atoms with Crippen molar-refractivity contribution in [2.45, 2.75) is 32.7 Å². The first-order valence-electron chi connectivity index (χ1n) is 9.51. The third-order valence-electron chi connectivity index (χ3n) is 4.85. The molecule has 0 aliphatic carbocycles. The molecule has 0 fully saturated rings. The largest absolute Gasteiger partial charge is 0.382 e. The number of nitrogens with zero attached hydrogens (tertiary/aromatic N) is 3. The van der Waals surface area contributed by atoms with E-state index in [4.69, 9.17) is 10.7 Å². The van der Waals surface area contributed by atoms with Gasteiger partial charge in [-0.05, 0) is 18.1 Å². The molecule has 0 unspecified atom stereocenters. The van der Waals surface area contributed by atoms with Crippen molar-refractivity contribution in [3.63, 3.8) is 0 Å². The van der Waals surface area contributed by atoms with Gasteiger partial charge in [-0.15, -0.1) is 0 Å². The number of hydrogen-bond donors (Lipinski definition) is 1. The van der Waals surface area contributed by atoms with Crippen LogP contribution in [0.2, 0.25) is 0 Å². The van der Waals surface area contributed by atoms with Gasteiger partial charge in [0.2, 0.25) is 0 Å². The SMILES string of the molecule is CCCCc1nc2c(N)nc(-c3ccccc3)cc2n1Cc1ccccc1. The van der Waals surface area contributed by atoms with Crippen LogP contribution in [0.5, 0.6) is 0 Å². The van der Waals surface area contributed by atoms with E-state index in [1.807, 2.05) is 24.3 Å². The molecular formula is C23H24N4. The number of aryl methyl sites for hydroxylation is 1. The van der Waals surface area contributed by atoms with Crippen LogP contribution in [-0.4, -0.2) is 14.5 Å². The average molecular weight is 356 g/mol. The van der Waals surface area contributed by atoms with Crippen LogP contribution in [0.15, 0.2) is 66.7 Å². The highest BCUT2D eigenvalue weighted by atomic mass is 15.1. The molecule has 0 aliphatic heterocycles. The van der Waals surface area contributed by atoms with E-state index in [-0.39, 0.29) is 0 Å². The molecule has 2 N–H and O–H groups in total. The van der Waals surface area contributed by atoms with Crippen LogP contribution < -0.4 is 5.73 Å². The third-order valence-corrected chi connectivity index (χ3v) is 4.85. The number of unbranched alkanes of at least 4 members (excludes halogenated alkanes) is 1. The Kier molecular flexibility index (Phi) is 4.88. The molecule has 0 amide bonds. The zero-order valence-electron chi connectivity index (χ0n) is 15.6. The average Bonchev–Trinajstić information content (AvgIpc) is 3.06. The smallest absolute Gasteiger partial charge is 0.152 e. The van der Waals surface area contributed by atoms with Gasteiger partial charge >= 0.3 is 0 Å². The van der Waals surface area contributed by atoms with Crippen molar-refractivity contribution in [2.24, 2.45) is 0 Å². The molecule has 4 heteroatoms. The highest BCUT2D eigenvalue weighted by Gasteiger charge is 2.16. The zero-order chi connectivity index (χ0) is 18.6. The van der Waals surface area contributed by atoms with Crippen molar-refractivity contribution >= 4 is 16.9 Å². The molecule has 4 nitrogen and oxygen atoms in total. The van der Waals surface area contributed by atoms with Gasteiger partial charge in [0, 0.05) is 18.5 Å². The van der Waals surface area contributed by atoms with Gasteiger partial charge < -0.3 is 10.3 Å². The molecule has 2 heterocycles. The molecule has 2 aromatic carbocycles. The van der Waals surface area contributed by atoms with Crippen molar-refractivity contribution < 1.29 is 0 Å². The summed E-state index contributed by atoms with van der Waals surface area (Å²) in [7, 11) is 0. The molecule has 0 spiro atoms. The summed E-state index contributed by atoms with van der Waals surface area (Å²) in [5.74, 6) is 1.57. The second kappa shape index (κ2) is 7.62. The lowest BCUT2D eigenvalue weighted by Gasteiger charge is -2.10. The number of benzene rings is 2. The van der Waals surface area contributed by atoms with Crippen LogP contribution in [0, 0.1) is 0 Å². The van der Waals surface area contributed by atoms with Gasteiger partial charge in [-0.25, -0.2) is 9.97 Å². The molecule has 27 heavy (non-hydrogen) atoms. The molecular weight excluding hydrogens is 332 g/mol. The molecule has 0 saturated heterocycles. The van der Waals surface area contributed by atoms with E-state index >= 15 is 0 Å². The minimum Gasteiger partial charge on any atom is -0.382 e. The number of hydrogen-bond acceptors (Lipinski definition) is 3. The minimum absolute atomic E-state index is 0.496. The van der Waals surface area contributed by atoms with E-state index in [2.05, 4.69) is 58.9 Å². The molecule has 0 radical (unpaired) electrons. The molecule has 4 rings (SSSR count). The van der Waals surface area contributed by atoms with Gasteiger partial charge in [0.05, 0.1) is 11.2 Å². The van der Waals surface area contributed by atoms with E-state index in [1.54, 1.807) is 0 Å². The molecule has 0 atom stereocenters. The number of anilines is 1. The summed E-state index contributed by atoms with van der Waals surface area (Å²) >= 11 is 0. The van der Waals surface area contributed by atoms with Gasteiger partial charge in [0.1, 0.15) is 11.3 Å². The molecule has 0 aliphatic rings. The van der Waals surface area contributed by atoms with Crippen LogP contribution in [0.25, 0.3) is 22.3 Å². The summed E-state index contributed by atoms with van der Waals surface area (Å²) < 4.78 is 2.30. The second-order valence-electron chi connectivity index (χ2n) is 6.83. The number of nitrogen functional groups attached to an aromatic ring is 1. The predicted molar refractivity (Wildman–Crippen MR) is 112 cm³/mol. The van der Waals surface area contributed by atoms with Gasteiger partial charge in [-0.1, -0.05) is 74.0 Å². The summed E-state index contributed by atoms with van der Waals surface area (Å²) in [4.78, 5) is 9.47. The van der Waals surface area contributed by atoms with E-state index in [0.717, 1.165) is 53.9 Å². The first kappa shape index (κ1) is 17.3. The van der Waals surface area contributed by atoms with Crippen molar-refractivity contribution in [2.75, 3.05) is 5.73 Å². The first-order valence-corrected chi connectivity index (χ1v) is 9.51. The predicted octanol–water partition coefficient (Wildman–Crippen LogP) is 5.07. The lowest BCUT2D eigenvalue weighted by atomic mass is 10.1. The number of imidazole rings is 1. The summed E-state index contributed by atoms with van der Waals surface area (Å²) in [5.41, 5.74) is 11.4. The van der Waals surface area contributed by atoms with Crippen molar-refractivity contribution in [3.8, 4) is 11.3 Å². The van der Waals surface area contributed by atoms with Crippen LogP contribution >= 0.6 is 0 Å². The van der Waals surface area contributed by atoms with Crippen LogP contribution in [0.1, 0.15) is 31.2 Å². The lowest BCUT2D eigenvalue weighted by molar-refractivity contribution is 0.690. The van der Waals surface area contributed by atoms with Crippen molar-refractivity contribution in [1.82, 2.24) is 14.5 Å². The maximum absolute atomic E-state index is 6.31. The Labute approximate surface area is 159 Å². The van der Waals surface area contributed by atoms with Crippen LogP contribution in [-0.2, 0) is 13.0 Å². The van der Waals surface area contributed by atoms with E-state index in [0.29, 0.717) is 5.82 Å². The van der Waals surface area contributed by atoms with E-state index in [9.17, 15) is 0 Å². The Morgan fingerprint density at radius 3 is 2.33 bits per heavy atom. The van der Waals surface area contributed by atoms with Gasteiger partial charge in [0.25, 0.3) is 0 Å². The van der Waals surface area contributed by atoms with Gasteiger partial charge in [0.15, 0.2) is 5.82 Å². The topological polar surface area (TPSA) is 56.7 Å². The van der Waals surface area contributed by atoms with Crippen LogP contribution in [0.4, 0.5) is 5.82 Å². The monoisotopic (exact) mass is 356 g/mol. The normalized spacial score (nSPS) is 11.1. The molecule has 0 bridgehead atoms. The molecule has 4 aromatic rings. The number of nitrogens with two attached hydrogens (primary N) is 1. The summed E-state index contributed by atoms with van der Waals surface area (Å²) in [6, 6.07) is 22.8. The Morgan fingerprint density at radius 2 is 1.63 bits per heavy atom. The quantitative estimate of drug-likeness (QED) is 0.525. The Bertz CT molecular complexity index is 1040. The number of pyridine rings is 1. The molecule has 2 aromatic heterocycles. The maximum Gasteiger partial charge on any atom is 0.152 e. The first-order chi connectivity index (χ1) is 13.3. The Hall–Kier alpha value is -3.14. The third kappa shape index (κ3) is 3.56. The minimum atomic E-state index is 0.496. The maximum atomic E-state index is 6.31. The molecule has 136 valence electrons. The fourth-order valence-electron chi connectivity index (χ4n) is 3.42. The Balaban J connectivity index is 1.87. The number of fused-ring (bicyclic) bond motifs is 1. The fraction of sp³-hybridized carbons (Fsp3) is 0.217. The highest BCUT2D eigenvalue weighted by molar-refractivity contribution is 5.89. The highest BCUT2D eigenvalue weighted by Crippen LogP contribution is 2.28. The van der Waals surface area contributed by atoms with Crippen molar-refractivity contribution in [3.05, 3.63) is 78.1 Å². The molecule has 0 saturated carbocycles. The summed E-state index contributed by atoms with van der Waals surface area (Å²) in [5, 5.41) is 0. The standard InChI is InChI=1S/C23H24N4/c1-2-3-14-21-26-22-20(27(21)16-17-10-6-4-7-11-17)15-19(25-23(22)24)18-12-8-5-9-13-18/h4-13,15H,2-3,14,16H2,1H3,(H2,24,25). The summed E-state index contributed by atoms with van der Waals surface area (Å²) in [6.45, 7) is 2.99.